The summed E-state index contributed by atoms with van der Waals surface area (Å²) in [4.78, 5) is 11.2. The molecule has 0 bridgehead atoms. The van der Waals surface area contributed by atoms with Crippen molar-refractivity contribution in [1.82, 2.24) is 0 Å². The van der Waals surface area contributed by atoms with Crippen LogP contribution in [0.15, 0.2) is 35.2 Å². The maximum Gasteiger partial charge on any atom is 0.308 e. The second-order valence-corrected chi connectivity index (χ2v) is 3.26. The van der Waals surface area contributed by atoms with Gasteiger partial charge in [-0.2, -0.15) is 0 Å². The van der Waals surface area contributed by atoms with Crippen LogP contribution in [0.25, 0.3) is 0 Å². The molecule has 0 saturated heterocycles. The highest BCUT2D eigenvalue weighted by Crippen LogP contribution is 2.16. The zero-order chi connectivity index (χ0) is 8.81. The van der Waals surface area contributed by atoms with Crippen molar-refractivity contribution in [3.63, 3.8) is 0 Å². The van der Waals surface area contributed by atoms with Crippen LogP contribution in [-0.2, 0) is 4.79 Å². The van der Waals surface area contributed by atoms with Gasteiger partial charge < -0.3 is 5.11 Å². The van der Waals surface area contributed by atoms with E-state index >= 15 is 0 Å². The first-order chi connectivity index (χ1) is 5.79. The Morgan fingerprint density at radius 2 is 2.08 bits per heavy atom. The number of carbonyl (C=O) groups is 1. The Hall–Kier alpha value is -0.960. The van der Waals surface area contributed by atoms with E-state index in [2.05, 4.69) is 0 Å². The molecule has 1 radical (unpaired) electrons. The Morgan fingerprint density at radius 3 is 2.67 bits per heavy atom. The maximum absolute atomic E-state index is 10.1. The number of hydrogen-bond donors (Lipinski definition) is 1. The SMILES string of the molecule is O=C(O)[CH]CSc1ccccc1. The highest BCUT2D eigenvalue weighted by atomic mass is 32.2. The molecular formula is C9H9O2S. The molecule has 0 heterocycles. The Balaban J connectivity index is 2.29. The third-order valence-corrected chi connectivity index (χ3v) is 2.19. The van der Waals surface area contributed by atoms with Crippen LogP contribution in [0.2, 0.25) is 0 Å². The quantitative estimate of drug-likeness (QED) is 0.722. The Bertz CT molecular complexity index is 246. The highest BCUT2D eigenvalue weighted by Gasteiger charge is 1.97. The normalized spacial score (nSPS) is 9.67. The molecule has 2 nitrogen and oxygen atoms in total. The molecule has 0 unspecified atom stereocenters. The van der Waals surface area contributed by atoms with Crippen molar-refractivity contribution < 1.29 is 9.90 Å². The van der Waals surface area contributed by atoms with Crippen LogP contribution >= 0.6 is 11.8 Å². The van der Waals surface area contributed by atoms with Crippen LogP contribution in [0.3, 0.4) is 0 Å². The number of benzene rings is 1. The van der Waals surface area contributed by atoms with Gasteiger partial charge in [-0.1, -0.05) is 18.2 Å². The molecule has 3 heteroatoms. The number of hydrogen-bond acceptors (Lipinski definition) is 2. The summed E-state index contributed by atoms with van der Waals surface area (Å²) in [5.41, 5.74) is 0. The average Bonchev–Trinajstić information content (AvgIpc) is 2.05. The molecule has 63 valence electrons. The van der Waals surface area contributed by atoms with E-state index in [-0.39, 0.29) is 0 Å². The van der Waals surface area contributed by atoms with Crippen LogP contribution in [0.1, 0.15) is 0 Å². The van der Waals surface area contributed by atoms with E-state index in [0.29, 0.717) is 5.75 Å². The summed E-state index contributed by atoms with van der Waals surface area (Å²) < 4.78 is 0. The van der Waals surface area contributed by atoms with Crippen molar-refractivity contribution in [2.75, 3.05) is 5.75 Å². The van der Waals surface area contributed by atoms with Crippen LogP contribution in [0.5, 0.6) is 0 Å². The van der Waals surface area contributed by atoms with Crippen LogP contribution in [0.4, 0.5) is 0 Å². The molecular weight excluding hydrogens is 172 g/mol. The molecule has 12 heavy (non-hydrogen) atoms. The molecule has 1 aromatic rings. The number of aliphatic carboxylic acids is 1. The third kappa shape index (κ3) is 3.44. The fraction of sp³-hybridized carbons (Fsp3) is 0.111. The average molecular weight is 181 g/mol. The minimum Gasteiger partial charge on any atom is -0.481 e. The van der Waals surface area contributed by atoms with Crippen LogP contribution in [0, 0.1) is 6.42 Å². The van der Waals surface area contributed by atoms with Crippen molar-refractivity contribution in [2.24, 2.45) is 0 Å². The van der Waals surface area contributed by atoms with Crippen molar-refractivity contribution in [2.45, 2.75) is 4.90 Å². The Morgan fingerprint density at radius 1 is 1.42 bits per heavy atom. The van der Waals surface area contributed by atoms with E-state index in [4.69, 9.17) is 5.11 Å². The molecule has 0 aliphatic carbocycles. The fourth-order valence-electron chi connectivity index (χ4n) is 0.726. The molecule has 0 spiro atoms. The van der Waals surface area contributed by atoms with Crippen molar-refractivity contribution in [3.05, 3.63) is 36.8 Å². The lowest BCUT2D eigenvalue weighted by Gasteiger charge is -1.96. The molecule has 1 rings (SSSR count). The van der Waals surface area contributed by atoms with E-state index < -0.39 is 5.97 Å². The van der Waals surface area contributed by atoms with E-state index in [1.54, 1.807) is 0 Å². The Kier molecular flexibility index (Phi) is 3.67. The number of rotatable bonds is 4. The minimum absolute atomic E-state index is 0.513. The predicted molar refractivity (Wildman–Crippen MR) is 49.1 cm³/mol. The molecule has 1 aromatic carbocycles. The summed E-state index contributed by atoms with van der Waals surface area (Å²) in [5, 5.41) is 8.32. The van der Waals surface area contributed by atoms with Gasteiger partial charge in [-0.25, -0.2) is 0 Å². The van der Waals surface area contributed by atoms with Gasteiger partial charge in [-0.05, 0) is 12.1 Å². The van der Waals surface area contributed by atoms with Gasteiger partial charge in [0.2, 0.25) is 0 Å². The lowest BCUT2D eigenvalue weighted by atomic mass is 10.4. The van der Waals surface area contributed by atoms with Crippen molar-refractivity contribution >= 4 is 17.7 Å². The molecule has 0 fully saturated rings. The van der Waals surface area contributed by atoms with Crippen molar-refractivity contribution in [3.8, 4) is 0 Å². The van der Waals surface area contributed by atoms with Crippen LogP contribution < -0.4 is 0 Å². The summed E-state index contributed by atoms with van der Waals surface area (Å²) >= 11 is 1.51. The monoisotopic (exact) mass is 181 g/mol. The topological polar surface area (TPSA) is 37.3 Å². The van der Waals surface area contributed by atoms with Crippen molar-refractivity contribution in [1.29, 1.82) is 0 Å². The molecule has 1 N–H and O–H groups in total. The predicted octanol–water partition coefficient (Wildman–Crippen LogP) is 2.07. The van der Waals surface area contributed by atoms with Gasteiger partial charge in [0.15, 0.2) is 0 Å². The van der Waals surface area contributed by atoms with Gasteiger partial charge in [0.05, 0.1) is 6.42 Å². The van der Waals surface area contributed by atoms with Gasteiger partial charge in [-0.15, -0.1) is 11.8 Å². The highest BCUT2D eigenvalue weighted by molar-refractivity contribution is 7.99. The molecule has 0 aliphatic heterocycles. The van der Waals surface area contributed by atoms with Gasteiger partial charge >= 0.3 is 5.97 Å². The van der Waals surface area contributed by atoms with Gasteiger partial charge in [0.1, 0.15) is 0 Å². The Labute approximate surface area is 75.6 Å². The first kappa shape index (κ1) is 9.13. The summed E-state index contributed by atoms with van der Waals surface area (Å²) in [6.45, 7) is 0. The second kappa shape index (κ2) is 4.83. The zero-order valence-electron chi connectivity index (χ0n) is 6.43. The molecule has 0 aliphatic rings. The standard InChI is InChI=1S/C9H9O2S/c10-9(11)6-7-12-8-4-2-1-3-5-8/h1-6H,7H2,(H,10,11). The van der Waals surface area contributed by atoms with E-state index in [1.807, 2.05) is 30.3 Å². The van der Waals surface area contributed by atoms with E-state index in [0.717, 1.165) is 4.90 Å². The minimum atomic E-state index is -0.863. The van der Waals surface area contributed by atoms with Gasteiger partial charge in [0.25, 0.3) is 0 Å². The smallest absolute Gasteiger partial charge is 0.308 e. The third-order valence-electron chi connectivity index (χ3n) is 1.25. The zero-order valence-corrected chi connectivity index (χ0v) is 7.25. The number of carboxylic acids is 1. The first-order valence-electron chi connectivity index (χ1n) is 3.53. The lowest BCUT2D eigenvalue weighted by molar-refractivity contribution is -0.132. The van der Waals surface area contributed by atoms with E-state index in [9.17, 15) is 4.79 Å². The molecule has 0 amide bonds. The van der Waals surface area contributed by atoms with Crippen LogP contribution in [-0.4, -0.2) is 16.8 Å². The maximum atomic E-state index is 10.1. The largest absolute Gasteiger partial charge is 0.481 e. The van der Waals surface area contributed by atoms with Gasteiger partial charge in [0, 0.05) is 10.6 Å². The summed E-state index contributed by atoms with van der Waals surface area (Å²) in [7, 11) is 0. The lowest BCUT2D eigenvalue weighted by Crippen LogP contribution is -1.96. The number of carboxylic acid groups (broad SMARTS) is 1. The molecule has 0 aromatic heterocycles. The van der Waals surface area contributed by atoms with E-state index in [1.165, 1.54) is 18.2 Å². The summed E-state index contributed by atoms with van der Waals surface area (Å²) in [6.07, 6.45) is 1.25. The first-order valence-corrected chi connectivity index (χ1v) is 4.51. The summed E-state index contributed by atoms with van der Waals surface area (Å²) in [6, 6.07) is 9.72. The fourth-order valence-corrected chi connectivity index (χ4v) is 1.49. The second-order valence-electron chi connectivity index (χ2n) is 2.17. The summed E-state index contributed by atoms with van der Waals surface area (Å²) in [5.74, 6) is -0.349. The molecule has 0 saturated carbocycles. The van der Waals surface area contributed by atoms with Gasteiger partial charge in [-0.3, -0.25) is 4.79 Å². The molecule has 0 atom stereocenters. The number of thioether (sulfide) groups is 1.